The zero-order chi connectivity index (χ0) is 19.8. The fraction of sp³-hybridized carbons (Fsp3) is 0.304. The van der Waals surface area contributed by atoms with Crippen LogP contribution >= 0.6 is 0 Å². The number of pyridine rings is 1. The number of benzene rings is 2. The van der Waals surface area contributed by atoms with Crippen molar-refractivity contribution in [3.63, 3.8) is 0 Å². The van der Waals surface area contributed by atoms with Crippen LogP contribution in [0.15, 0.2) is 42.5 Å². The molecule has 5 heteroatoms. The van der Waals surface area contributed by atoms with E-state index in [-0.39, 0.29) is 6.42 Å². The third kappa shape index (κ3) is 3.07. The summed E-state index contributed by atoms with van der Waals surface area (Å²) >= 11 is 0. The minimum absolute atomic E-state index is 0.0320. The molecule has 0 fully saturated rings. The number of fused-ring (bicyclic) bond motifs is 4. The van der Waals surface area contributed by atoms with Crippen molar-refractivity contribution in [2.45, 2.75) is 26.9 Å². The standard InChI is InChI=1S/C23H24N2O3/c1-4-25(5-2)18-7-8-19-21(13-18)28-14-17-12-16-10-15(11-22(26)27)6-9-20(16)24(3)23(17)19/h6-10,12-13H,4-5,11,14H2,1-3H3/p+1. The molecule has 144 valence electrons. The van der Waals surface area contributed by atoms with E-state index in [1.807, 2.05) is 18.2 Å². The maximum Gasteiger partial charge on any atom is 0.307 e. The Bertz CT molecular complexity index is 1070. The third-order valence-electron chi connectivity index (χ3n) is 5.51. The van der Waals surface area contributed by atoms with E-state index in [0.717, 1.165) is 52.1 Å². The molecule has 1 aliphatic rings. The van der Waals surface area contributed by atoms with Crippen LogP contribution in [0.1, 0.15) is 25.0 Å². The van der Waals surface area contributed by atoms with E-state index in [1.54, 1.807) is 0 Å². The van der Waals surface area contributed by atoms with Crippen molar-refractivity contribution in [1.29, 1.82) is 0 Å². The van der Waals surface area contributed by atoms with Gasteiger partial charge < -0.3 is 14.7 Å². The van der Waals surface area contributed by atoms with Crippen LogP contribution in [0.5, 0.6) is 5.75 Å². The Morgan fingerprint density at radius 3 is 2.64 bits per heavy atom. The summed E-state index contributed by atoms with van der Waals surface area (Å²) in [4.78, 5) is 13.3. The van der Waals surface area contributed by atoms with Gasteiger partial charge in [0.15, 0.2) is 0 Å². The highest BCUT2D eigenvalue weighted by molar-refractivity contribution is 5.83. The Balaban J connectivity index is 1.83. The molecule has 0 atom stereocenters. The van der Waals surface area contributed by atoms with E-state index in [2.05, 4.69) is 54.6 Å². The van der Waals surface area contributed by atoms with Crippen LogP contribution in [0.25, 0.3) is 22.2 Å². The quantitative estimate of drug-likeness (QED) is 0.689. The number of aryl methyl sites for hydroxylation is 1. The van der Waals surface area contributed by atoms with Crippen LogP contribution < -0.4 is 14.2 Å². The molecule has 0 unspecified atom stereocenters. The Morgan fingerprint density at radius 1 is 1.14 bits per heavy atom. The molecule has 0 radical (unpaired) electrons. The van der Waals surface area contributed by atoms with Crippen molar-refractivity contribution in [3.05, 3.63) is 53.6 Å². The number of rotatable bonds is 5. The molecule has 1 aromatic heterocycles. The Morgan fingerprint density at radius 2 is 1.93 bits per heavy atom. The average molecular weight is 377 g/mol. The molecule has 4 rings (SSSR count). The summed E-state index contributed by atoms with van der Waals surface area (Å²) < 4.78 is 8.28. The van der Waals surface area contributed by atoms with Gasteiger partial charge in [0.1, 0.15) is 19.4 Å². The lowest BCUT2D eigenvalue weighted by atomic mass is 9.98. The van der Waals surface area contributed by atoms with Crippen molar-refractivity contribution in [2.24, 2.45) is 7.05 Å². The predicted octanol–water partition coefficient (Wildman–Crippen LogP) is 3.70. The fourth-order valence-electron chi connectivity index (χ4n) is 4.13. The summed E-state index contributed by atoms with van der Waals surface area (Å²) in [6.07, 6.45) is 0.0320. The summed E-state index contributed by atoms with van der Waals surface area (Å²) in [5.74, 6) is 0.0947. The van der Waals surface area contributed by atoms with Crippen molar-refractivity contribution in [1.82, 2.24) is 0 Å². The Labute approximate surface area is 164 Å². The van der Waals surface area contributed by atoms with Gasteiger partial charge in [0, 0.05) is 36.3 Å². The van der Waals surface area contributed by atoms with Gasteiger partial charge >= 0.3 is 5.97 Å². The second kappa shape index (κ2) is 7.15. The monoisotopic (exact) mass is 377 g/mol. The number of hydrogen-bond acceptors (Lipinski definition) is 3. The molecule has 28 heavy (non-hydrogen) atoms. The first-order valence-electron chi connectivity index (χ1n) is 9.70. The number of hydrogen-bond donors (Lipinski definition) is 1. The van der Waals surface area contributed by atoms with Gasteiger partial charge in [-0.25, -0.2) is 0 Å². The van der Waals surface area contributed by atoms with E-state index in [9.17, 15) is 4.79 Å². The van der Waals surface area contributed by atoms with Gasteiger partial charge in [-0.15, -0.1) is 0 Å². The predicted molar refractivity (Wildman–Crippen MR) is 110 cm³/mol. The molecule has 0 saturated heterocycles. The lowest BCUT2D eigenvalue weighted by molar-refractivity contribution is -0.634. The highest BCUT2D eigenvalue weighted by Gasteiger charge is 2.28. The van der Waals surface area contributed by atoms with Gasteiger partial charge in [0.25, 0.3) is 0 Å². The molecule has 5 nitrogen and oxygen atoms in total. The van der Waals surface area contributed by atoms with Crippen molar-refractivity contribution < 1.29 is 19.2 Å². The van der Waals surface area contributed by atoms with E-state index in [4.69, 9.17) is 9.84 Å². The Kier molecular flexibility index (Phi) is 4.67. The summed E-state index contributed by atoms with van der Waals surface area (Å²) in [7, 11) is 2.06. The molecule has 1 N–H and O–H groups in total. The lowest BCUT2D eigenvalue weighted by Gasteiger charge is -2.24. The van der Waals surface area contributed by atoms with E-state index >= 15 is 0 Å². The van der Waals surface area contributed by atoms with Gasteiger partial charge in [-0.2, -0.15) is 4.57 Å². The van der Waals surface area contributed by atoms with Crippen LogP contribution in [0, 0.1) is 0 Å². The highest BCUT2D eigenvalue weighted by atomic mass is 16.5. The first kappa shape index (κ1) is 18.3. The smallest absolute Gasteiger partial charge is 0.307 e. The van der Waals surface area contributed by atoms with E-state index in [1.165, 1.54) is 5.69 Å². The maximum absolute atomic E-state index is 11.0. The minimum Gasteiger partial charge on any atom is -0.488 e. The topological polar surface area (TPSA) is 53.6 Å². The van der Waals surface area contributed by atoms with E-state index < -0.39 is 5.97 Å². The second-order valence-electron chi connectivity index (χ2n) is 7.18. The van der Waals surface area contributed by atoms with Crippen LogP contribution in [0.4, 0.5) is 5.69 Å². The molecule has 0 amide bonds. The first-order valence-corrected chi connectivity index (χ1v) is 9.70. The zero-order valence-corrected chi connectivity index (χ0v) is 16.5. The number of aromatic nitrogens is 1. The van der Waals surface area contributed by atoms with Crippen LogP contribution in [0.2, 0.25) is 0 Å². The molecule has 0 saturated carbocycles. The third-order valence-corrected chi connectivity index (χ3v) is 5.51. The van der Waals surface area contributed by atoms with Crippen molar-refractivity contribution >= 4 is 22.6 Å². The lowest BCUT2D eigenvalue weighted by Crippen LogP contribution is -2.35. The van der Waals surface area contributed by atoms with Crippen LogP contribution in [0.3, 0.4) is 0 Å². The number of carbonyl (C=O) groups is 1. The molecule has 2 heterocycles. The van der Waals surface area contributed by atoms with Gasteiger partial charge in [0.2, 0.25) is 11.2 Å². The molecular weight excluding hydrogens is 352 g/mol. The largest absolute Gasteiger partial charge is 0.488 e. The van der Waals surface area contributed by atoms with Crippen LogP contribution in [-0.2, 0) is 24.9 Å². The normalized spacial score (nSPS) is 12.2. The summed E-state index contributed by atoms with van der Waals surface area (Å²) in [6.45, 7) is 6.75. The van der Waals surface area contributed by atoms with Gasteiger partial charge in [-0.05, 0) is 43.7 Å². The summed E-state index contributed by atoms with van der Waals surface area (Å²) in [5, 5.41) is 10.1. The molecule has 3 aromatic rings. The van der Waals surface area contributed by atoms with Gasteiger partial charge in [0.05, 0.1) is 17.5 Å². The number of anilines is 1. The molecule has 0 spiro atoms. The zero-order valence-electron chi connectivity index (χ0n) is 16.5. The summed E-state index contributed by atoms with van der Waals surface area (Å²) in [6, 6.07) is 14.4. The van der Waals surface area contributed by atoms with Crippen molar-refractivity contribution in [3.8, 4) is 17.0 Å². The maximum atomic E-state index is 11.0. The molecule has 2 aromatic carbocycles. The SMILES string of the molecule is CCN(CC)c1ccc2c(c1)OCc1cc3cc(CC(=O)O)ccc3[n+](C)c1-2. The molecule has 1 aliphatic heterocycles. The first-order chi connectivity index (χ1) is 13.5. The second-order valence-corrected chi connectivity index (χ2v) is 7.18. The number of carboxylic acid groups (broad SMARTS) is 1. The number of carboxylic acids is 1. The number of ether oxygens (including phenoxy) is 1. The molecule has 0 aliphatic carbocycles. The average Bonchev–Trinajstić information content (AvgIpc) is 2.68. The van der Waals surface area contributed by atoms with Crippen molar-refractivity contribution in [2.75, 3.05) is 18.0 Å². The Hall–Kier alpha value is -3.08. The molecular formula is C23H25N2O3+. The minimum atomic E-state index is -0.817. The van der Waals surface area contributed by atoms with Crippen LogP contribution in [-0.4, -0.2) is 24.2 Å². The van der Waals surface area contributed by atoms with Gasteiger partial charge in [-0.1, -0.05) is 6.07 Å². The van der Waals surface area contributed by atoms with E-state index in [0.29, 0.717) is 6.61 Å². The fourth-order valence-corrected chi connectivity index (χ4v) is 4.13. The van der Waals surface area contributed by atoms with Gasteiger partial charge in [-0.3, -0.25) is 4.79 Å². The molecule has 0 bridgehead atoms. The highest BCUT2D eigenvalue weighted by Crippen LogP contribution is 2.39. The number of aliphatic carboxylic acids is 1. The number of nitrogens with zero attached hydrogens (tertiary/aromatic N) is 2. The summed E-state index contributed by atoms with van der Waals surface area (Å²) in [5.41, 5.74) is 6.43.